The van der Waals surface area contributed by atoms with Crippen molar-refractivity contribution in [3.8, 4) is 0 Å². The summed E-state index contributed by atoms with van der Waals surface area (Å²) < 4.78 is 4.96. The molecule has 146 valence electrons. The average Bonchev–Trinajstić information content (AvgIpc) is 3.27. The largest absolute Gasteiger partial charge is 0.481 e. The maximum absolute atomic E-state index is 12.7. The second kappa shape index (κ2) is 9.03. The van der Waals surface area contributed by atoms with Crippen LogP contribution in [-0.2, 0) is 20.9 Å². The number of nitrogens with zero attached hydrogens (tertiary/aromatic N) is 2. The predicted octanol–water partition coefficient (Wildman–Crippen LogP) is 3.53. The molecule has 2 heterocycles. The van der Waals surface area contributed by atoms with Crippen molar-refractivity contribution >= 4 is 51.8 Å². The van der Waals surface area contributed by atoms with Crippen molar-refractivity contribution in [3.05, 3.63) is 52.2 Å². The molecule has 0 bridgehead atoms. The number of aliphatic carboxylic acids is 1. The zero-order chi connectivity index (χ0) is 20.1. The Morgan fingerprint density at radius 3 is 2.61 bits per heavy atom. The van der Waals surface area contributed by atoms with Gasteiger partial charge in [-0.1, -0.05) is 17.8 Å². The molecule has 0 aliphatic carbocycles. The third kappa shape index (κ3) is 4.79. The Morgan fingerprint density at radius 2 is 2.00 bits per heavy atom. The van der Waals surface area contributed by atoms with E-state index in [-0.39, 0.29) is 12.3 Å². The fraction of sp³-hybridized carbons (Fsp3) is 0.263. The highest BCUT2D eigenvalue weighted by Gasteiger charge is 2.39. The van der Waals surface area contributed by atoms with E-state index in [1.54, 1.807) is 31.2 Å². The van der Waals surface area contributed by atoms with Gasteiger partial charge in [-0.15, -0.1) is 11.3 Å². The Labute approximate surface area is 170 Å². The molecule has 28 heavy (non-hydrogen) atoms. The van der Waals surface area contributed by atoms with Crippen molar-refractivity contribution in [2.45, 2.75) is 25.1 Å². The first-order valence-corrected chi connectivity index (χ1v) is 10.3. The summed E-state index contributed by atoms with van der Waals surface area (Å²) in [4.78, 5) is 42.5. The fourth-order valence-electron chi connectivity index (χ4n) is 2.58. The van der Waals surface area contributed by atoms with Gasteiger partial charge in [-0.3, -0.25) is 14.5 Å². The molecule has 9 heteroatoms. The minimum atomic E-state index is -1.03. The van der Waals surface area contributed by atoms with Crippen LogP contribution in [0.15, 0.2) is 46.8 Å². The molecule has 1 unspecified atom stereocenters. The van der Waals surface area contributed by atoms with Crippen LogP contribution in [0.4, 0.5) is 5.69 Å². The topological polar surface area (TPSA) is 96.3 Å². The van der Waals surface area contributed by atoms with Crippen LogP contribution in [0.5, 0.6) is 0 Å². The normalized spacial score (nSPS) is 17.9. The van der Waals surface area contributed by atoms with Crippen LogP contribution in [0, 0.1) is 0 Å². The van der Waals surface area contributed by atoms with E-state index in [0.29, 0.717) is 29.6 Å². The van der Waals surface area contributed by atoms with Crippen molar-refractivity contribution in [3.63, 3.8) is 0 Å². The van der Waals surface area contributed by atoms with Gasteiger partial charge in [-0.25, -0.2) is 9.79 Å². The number of carbonyl (C=O) groups is 3. The molecule has 0 radical (unpaired) electrons. The van der Waals surface area contributed by atoms with Gasteiger partial charge in [0.1, 0.15) is 5.25 Å². The Kier molecular flexibility index (Phi) is 6.48. The summed E-state index contributed by atoms with van der Waals surface area (Å²) in [5, 5.41) is 10.7. The number of carboxylic acids is 1. The molecule has 1 saturated heterocycles. The minimum absolute atomic E-state index is 0.259. The monoisotopic (exact) mass is 418 g/mol. The average molecular weight is 418 g/mol. The van der Waals surface area contributed by atoms with Gasteiger partial charge in [0.2, 0.25) is 5.91 Å². The number of aliphatic imine (C=N–C) groups is 1. The highest BCUT2D eigenvalue weighted by molar-refractivity contribution is 8.15. The zero-order valence-corrected chi connectivity index (χ0v) is 16.7. The zero-order valence-electron chi connectivity index (χ0n) is 15.0. The number of rotatable bonds is 7. The molecule has 1 aliphatic rings. The fourth-order valence-corrected chi connectivity index (χ4v) is 4.43. The molecule has 1 aliphatic heterocycles. The lowest BCUT2D eigenvalue weighted by Crippen LogP contribution is -2.32. The van der Waals surface area contributed by atoms with Crippen molar-refractivity contribution in [1.82, 2.24) is 4.90 Å². The van der Waals surface area contributed by atoms with E-state index in [1.807, 2.05) is 17.5 Å². The third-order valence-electron chi connectivity index (χ3n) is 3.88. The van der Waals surface area contributed by atoms with Crippen molar-refractivity contribution in [2.75, 3.05) is 6.61 Å². The van der Waals surface area contributed by atoms with E-state index in [4.69, 9.17) is 9.84 Å². The van der Waals surface area contributed by atoms with E-state index >= 15 is 0 Å². The maximum atomic E-state index is 12.7. The number of hydrogen-bond acceptors (Lipinski definition) is 7. The molecule has 1 fully saturated rings. The van der Waals surface area contributed by atoms with Crippen LogP contribution in [0.25, 0.3) is 0 Å². The molecule has 3 rings (SSSR count). The summed E-state index contributed by atoms with van der Waals surface area (Å²) in [6, 6.07) is 10.4. The molecule has 0 spiro atoms. The number of amides is 1. The molecule has 7 nitrogen and oxygen atoms in total. The Balaban J connectivity index is 1.84. The molecular weight excluding hydrogens is 400 g/mol. The molecule has 1 aromatic carbocycles. The van der Waals surface area contributed by atoms with E-state index in [2.05, 4.69) is 4.99 Å². The lowest BCUT2D eigenvalue weighted by molar-refractivity contribution is -0.139. The number of carbonyl (C=O) groups excluding carboxylic acids is 2. The van der Waals surface area contributed by atoms with Crippen LogP contribution in [0.1, 0.15) is 28.6 Å². The number of esters is 1. The summed E-state index contributed by atoms with van der Waals surface area (Å²) in [6.45, 7) is 2.38. The number of hydrogen-bond donors (Lipinski definition) is 1. The van der Waals surface area contributed by atoms with Gasteiger partial charge in [0.05, 0.1) is 30.8 Å². The first kappa shape index (κ1) is 20.1. The third-order valence-corrected chi connectivity index (χ3v) is 5.91. The summed E-state index contributed by atoms with van der Waals surface area (Å²) >= 11 is 2.67. The molecule has 1 N–H and O–H groups in total. The Hall–Kier alpha value is -2.65. The van der Waals surface area contributed by atoms with Crippen molar-refractivity contribution in [2.24, 2.45) is 4.99 Å². The summed E-state index contributed by atoms with van der Waals surface area (Å²) in [6.07, 6.45) is -0.259. The van der Waals surface area contributed by atoms with Gasteiger partial charge in [0, 0.05) is 4.88 Å². The van der Waals surface area contributed by atoms with Gasteiger partial charge in [-0.2, -0.15) is 0 Å². The minimum Gasteiger partial charge on any atom is -0.481 e. The first-order chi connectivity index (χ1) is 13.5. The lowest BCUT2D eigenvalue weighted by Gasteiger charge is -2.15. The SMILES string of the molecule is CCOC(=O)c1ccc(N=C2SC(CC(=O)O)C(=O)N2Cc2cccs2)cc1. The Morgan fingerprint density at radius 1 is 1.25 bits per heavy atom. The van der Waals surface area contributed by atoms with Crippen molar-refractivity contribution < 1.29 is 24.2 Å². The lowest BCUT2D eigenvalue weighted by atomic mass is 10.2. The highest BCUT2D eigenvalue weighted by atomic mass is 32.2. The number of carboxylic acid groups (broad SMARTS) is 1. The van der Waals surface area contributed by atoms with Crippen LogP contribution < -0.4 is 0 Å². The van der Waals surface area contributed by atoms with E-state index in [9.17, 15) is 14.4 Å². The summed E-state index contributed by atoms with van der Waals surface area (Å²) in [5.74, 6) is -1.70. The quantitative estimate of drug-likeness (QED) is 0.691. The number of thiophene rings is 1. The number of amidine groups is 1. The van der Waals surface area contributed by atoms with Crippen LogP contribution in [0.2, 0.25) is 0 Å². The van der Waals surface area contributed by atoms with Gasteiger partial charge in [0.15, 0.2) is 5.17 Å². The number of thioether (sulfide) groups is 1. The molecule has 0 saturated carbocycles. The van der Waals surface area contributed by atoms with Crippen LogP contribution in [0.3, 0.4) is 0 Å². The standard InChI is InChI=1S/C19H18N2O5S2/c1-2-26-18(25)12-5-7-13(8-6-12)20-19-21(11-14-4-3-9-27-14)17(24)15(28-19)10-16(22)23/h3-9,15H,2,10-11H2,1H3,(H,22,23). The molecule has 2 aromatic rings. The smallest absolute Gasteiger partial charge is 0.338 e. The predicted molar refractivity (Wildman–Crippen MR) is 108 cm³/mol. The number of ether oxygens (including phenoxy) is 1. The van der Waals surface area contributed by atoms with Gasteiger partial charge in [-0.05, 0) is 42.6 Å². The molecule has 1 amide bonds. The molecular formula is C19H18N2O5S2. The van der Waals surface area contributed by atoms with Crippen molar-refractivity contribution in [1.29, 1.82) is 0 Å². The first-order valence-electron chi connectivity index (χ1n) is 8.56. The second-order valence-corrected chi connectivity index (χ2v) is 8.07. The Bertz CT molecular complexity index is 894. The van der Waals surface area contributed by atoms with Gasteiger partial charge >= 0.3 is 11.9 Å². The van der Waals surface area contributed by atoms with E-state index < -0.39 is 17.2 Å². The summed E-state index contributed by atoms with van der Waals surface area (Å²) in [7, 11) is 0. The molecule has 1 atom stereocenters. The summed E-state index contributed by atoms with van der Waals surface area (Å²) in [5.41, 5.74) is 0.982. The number of benzene rings is 1. The van der Waals surface area contributed by atoms with E-state index in [1.165, 1.54) is 16.2 Å². The van der Waals surface area contributed by atoms with Gasteiger partial charge in [0.25, 0.3) is 0 Å². The highest BCUT2D eigenvalue weighted by Crippen LogP contribution is 2.33. The van der Waals surface area contributed by atoms with Gasteiger partial charge < -0.3 is 9.84 Å². The van der Waals surface area contributed by atoms with Crippen LogP contribution in [-0.4, -0.2) is 44.9 Å². The van der Waals surface area contributed by atoms with Crippen LogP contribution >= 0.6 is 23.1 Å². The second-order valence-electron chi connectivity index (χ2n) is 5.87. The maximum Gasteiger partial charge on any atom is 0.338 e. The molecule has 1 aromatic heterocycles. The van der Waals surface area contributed by atoms with E-state index in [0.717, 1.165) is 16.6 Å².